The first-order chi connectivity index (χ1) is 10.2. The maximum atomic E-state index is 13.5. The Bertz CT molecular complexity index is 485. The molecule has 0 aliphatic carbocycles. The molecule has 1 aromatic carbocycles. The standard InChI is InChI=1S/C16H22F5N/c1-4-5-6-7-8-16(2,3)9-22-15-13(20)11(18)10(17)12(19)14(15)21/h22H,4-9H2,1-3H3. The van der Waals surface area contributed by atoms with Gasteiger partial charge in [0.1, 0.15) is 5.69 Å². The number of nitrogens with one attached hydrogen (secondary N) is 1. The molecule has 0 radical (unpaired) electrons. The normalized spacial score (nSPS) is 11.8. The fourth-order valence-electron chi connectivity index (χ4n) is 2.21. The lowest BCUT2D eigenvalue weighted by atomic mass is 9.86. The number of benzene rings is 1. The van der Waals surface area contributed by atoms with Gasteiger partial charge in [-0.2, -0.15) is 0 Å². The van der Waals surface area contributed by atoms with E-state index in [2.05, 4.69) is 12.2 Å². The van der Waals surface area contributed by atoms with Crippen LogP contribution in [-0.4, -0.2) is 6.54 Å². The maximum absolute atomic E-state index is 13.5. The molecule has 0 atom stereocenters. The van der Waals surface area contributed by atoms with Crippen molar-refractivity contribution in [1.82, 2.24) is 0 Å². The summed E-state index contributed by atoms with van der Waals surface area (Å²) in [6.07, 6.45) is 5.03. The first kappa shape index (κ1) is 18.7. The van der Waals surface area contributed by atoms with Gasteiger partial charge in [-0.15, -0.1) is 0 Å². The Morgan fingerprint density at radius 2 is 1.27 bits per heavy atom. The Labute approximate surface area is 127 Å². The fourth-order valence-corrected chi connectivity index (χ4v) is 2.21. The Morgan fingerprint density at radius 1 is 0.773 bits per heavy atom. The minimum Gasteiger partial charge on any atom is -0.380 e. The second-order valence-corrected chi connectivity index (χ2v) is 6.27. The van der Waals surface area contributed by atoms with E-state index >= 15 is 0 Å². The summed E-state index contributed by atoms with van der Waals surface area (Å²) in [4.78, 5) is 0. The molecule has 0 heterocycles. The van der Waals surface area contributed by atoms with Crippen molar-refractivity contribution in [3.63, 3.8) is 0 Å². The Balaban J connectivity index is 2.75. The zero-order valence-electron chi connectivity index (χ0n) is 13.1. The van der Waals surface area contributed by atoms with Crippen LogP contribution in [0, 0.1) is 34.5 Å². The number of rotatable bonds is 8. The summed E-state index contributed by atoms with van der Waals surface area (Å²) < 4.78 is 66.3. The van der Waals surface area contributed by atoms with Gasteiger partial charge >= 0.3 is 0 Å². The highest BCUT2D eigenvalue weighted by atomic mass is 19.2. The molecule has 0 saturated heterocycles. The summed E-state index contributed by atoms with van der Waals surface area (Å²) in [6, 6.07) is 0. The predicted octanol–water partition coefficient (Wildman–Crippen LogP) is 5.79. The van der Waals surface area contributed by atoms with E-state index in [1.807, 2.05) is 13.8 Å². The van der Waals surface area contributed by atoms with Gasteiger partial charge in [0.25, 0.3) is 0 Å². The average molecular weight is 323 g/mol. The highest BCUT2D eigenvalue weighted by Crippen LogP contribution is 2.30. The van der Waals surface area contributed by atoms with E-state index in [0.717, 1.165) is 32.1 Å². The Morgan fingerprint density at radius 3 is 1.77 bits per heavy atom. The van der Waals surface area contributed by atoms with Gasteiger partial charge in [-0.1, -0.05) is 46.5 Å². The molecule has 0 bridgehead atoms. The number of hydrogen-bond acceptors (Lipinski definition) is 1. The molecule has 1 N–H and O–H groups in total. The zero-order valence-corrected chi connectivity index (χ0v) is 13.1. The van der Waals surface area contributed by atoms with Crippen LogP contribution in [0.4, 0.5) is 27.6 Å². The molecule has 22 heavy (non-hydrogen) atoms. The van der Waals surface area contributed by atoms with E-state index in [-0.39, 0.29) is 12.0 Å². The number of hydrogen-bond donors (Lipinski definition) is 1. The Kier molecular flexibility index (Phi) is 6.63. The minimum atomic E-state index is -2.14. The van der Waals surface area contributed by atoms with E-state index in [9.17, 15) is 22.0 Å². The van der Waals surface area contributed by atoms with E-state index in [4.69, 9.17) is 0 Å². The van der Waals surface area contributed by atoms with Gasteiger partial charge in [0.15, 0.2) is 23.3 Å². The van der Waals surface area contributed by atoms with Gasteiger partial charge in [0, 0.05) is 6.54 Å². The van der Waals surface area contributed by atoms with Crippen LogP contribution in [0.25, 0.3) is 0 Å². The summed E-state index contributed by atoms with van der Waals surface area (Å²) in [5, 5.41) is 2.37. The van der Waals surface area contributed by atoms with Crippen molar-refractivity contribution in [3.8, 4) is 0 Å². The number of halogens is 5. The third-order valence-electron chi connectivity index (χ3n) is 3.66. The smallest absolute Gasteiger partial charge is 0.200 e. The van der Waals surface area contributed by atoms with Gasteiger partial charge < -0.3 is 5.32 Å². The summed E-state index contributed by atoms with van der Waals surface area (Å²) in [5.41, 5.74) is -1.27. The lowest BCUT2D eigenvalue weighted by molar-refractivity contribution is 0.337. The molecule has 0 spiro atoms. The van der Waals surface area contributed by atoms with Crippen LogP contribution < -0.4 is 5.32 Å². The molecule has 0 aliphatic heterocycles. The van der Waals surface area contributed by atoms with Crippen LogP contribution in [0.15, 0.2) is 0 Å². The van der Waals surface area contributed by atoms with Crippen LogP contribution in [-0.2, 0) is 0 Å². The van der Waals surface area contributed by atoms with Crippen LogP contribution in [0.2, 0.25) is 0 Å². The van der Waals surface area contributed by atoms with Gasteiger partial charge in [0.2, 0.25) is 5.82 Å². The first-order valence-electron chi connectivity index (χ1n) is 7.46. The monoisotopic (exact) mass is 323 g/mol. The van der Waals surface area contributed by atoms with Gasteiger partial charge in [0.05, 0.1) is 0 Å². The summed E-state index contributed by atoms with van der Waals surface area (Å²) in [6.45, 7) is 5.99. The zero-order chi connectivity index (χ0) is 16.9. The number of unbranched alkanes of at least 4 members (excludes halogenated alkanes) is 3. The van der Waals surface area contributed by atoms with Crippen molar-refractivity contribution >= 4 is 5.69 Å². The van der Waals surface area contributed by atoms with Crippen LogP contribution in [0.1, 0.15) is 52.9 Å². The lowest BCUT2D eigenvalue weighted by Crippen LogP contribution is -2.24. The molecule has 0 saturated carbocycles. The fraction of sp³-hybridized carbons (Fsp3) is 0.625. The summed E-state index contributed by atoms with van der Waals surface area (Å²) >= 11 is 0. The molecule has 0 fully saturated rings. The highest BCUT2D eigenvalue weighted by molar-refractivity contribution is 5.47. The van der Waals surface area contributed by atoms with Crippen molar-refractivity contribution in [2.24, 2.45) is 5.41 Å². The molecular formula is C16H22F5N. The van der Waals surface area contributed by atoms with Crippen molar-refractivity contribution < 1.29 is 22.0 Å². The molecule has 1 rings (SSSR count). The van der Waals surface area contributed by atoms with Gasteiger partial charge in [-0.25, -0.2) is 22.0 Å². The van der Waals surface area contributed by atoms with Crippen molar-refractivity contribution in [2.45, 2.75) is 52.9 Å². The van der Waals surface area contributed by atoms with Gasteiger partial charge in [-0.3, -0.25) is 0 Å². The molecule has 0 aliphatic rings. The van der Waals surface area contributed by atoms with Crippen LogP contribution in [0.5, 0.6) is 0 Å². The molecule has 1 aromatic rings. The number of anilines is 1. The summed E-state index contributed by atoms with van der Waals surface area (Å²) in [5.74, 6) is -9.64. The minimum absolute atomic E-state index is 0.122. The van der Waals surface area contributed by atoms with Crippen LogP contribution >= 0.6 is 0 Å². The molecule has 6 heteroatoms. The second kappa shape index (κ2) is 7.79. The van der Waals surface area contributed by atoms with Gasteiger partial charge in [-0.05, 0) is 11.8 Å². The van der Waals surface area contributed by atoms with Crippen molar-refractivity contribution in [1.29, 1.82) is 0 Å². The quantitative estimate of drug-likeness (QED) is 0.276. The maximum Gasteiger partial charge on any atom is 0.200 e. The molecule has 0 amide bonds. The third kappa shape index (κ3) is 4.58. The third-order valence-corrected chi connectivity index (χ3v) is 3.66. The molecule has 1 nitrogen and oxygen atoms in total. The molecular weight excluding hydrogens is 301 g/mol. The highest BCUT2D eigenvalue weighted by Gasteiger charge is 2.27. The Hall–Kier alpha value is -1.33. The first-order valence-corrected chi connectivity index (χ1v) is 7.46. The SMILES string of the molecule is CCCCCCC(C)(C)CNc1c(F)c(F)c(F)c(F)c1F. The second-order valence-electron chi connectivity index (χ2n) is 6.27. The van der Waals surface area contributed by atoms with Crippen LogP contribution in [0.3, 0.4) is 0 Å². The van der Waals surface area contributed by atoms with E-state index in [0.29, 0.717) is 0 Å². The van der Waals surface area contributed by atoms with E-state index < -0.39 is 34.8 Å². The molecule has 0 aromatic heterocycles. The average Bonchev–Trinajstić information content (AvgIpc) is 2.47. The predicted molar refractivity (Wildman–Crippen MR) is 77.3 cm³/mol. The van der Waals surface area contributed by atoms with E-state index in [1.54, 1.807) is 0 Å². The topological polar surface area (TPSA) is 12.0 Å². The molecule has 0 unspecified atom stereocenters. The lowest BCUT2D eigenvalue weighted by Gasteiger charge is -2.26. The van der Waals surface area contributed by atoms with E-state index in [1.165, 1.54) is 0 Å². The molecule has 126 valence electrons. The van der Waals surface area contributed by atoms with Crippen molar-refractivity contribution in [3.05, 3.63) is 29.1 Å². The largest absolute Gasteiger partial charge is 0.380 e. The van der Waals surface area contributed by atoms with Crippen molar-refractivity contribution in [2.75, 3.05) is 11.9 Å². The summed E-state index contributed by atoms with van der Waals surface area (Å²) in [7, 11) is 0.